The van der Waals surface area contributed by atoms with Gasteiger partial charge < -0.3 is 31.7 Å². The lowest BCUT2D eigenvalue weighted by atomic mass is 9.84. The summed E-state index contributed by atoms with van der Waals surface area (Å²) in [4.78, 5) is 63.7. The van der Waals surface area contributed by atoms with Crippen molar-refractivity contribution in [3.8, 4) is 0 Å². The highest BCUT2D eigenvalue weighted by Crippen LogP contribution is 2.40. The highest BCUT2D eigenvalue weighted by molar-refractivity contribution is 9.10. The molecule has 2 saturated heterocycles. The second-order valence-electron chi connectivity index (χ2n) is 12.2. The van der Waals surface area contributed by atoms with Crippen molar-refractivity contribution < 1.29 is 29.1 Å². The zero-order valence-electron chi connectivity index (χ0n) is 29.4. The highest BCUT2D eigenvalue weighted by Gasteiger charge is 2.47. The zero-order chi connectivity index (χ0) is 36.4. The molecule has 5 atom stereocenters. The number of nitrogens with two attached hydrogens (primary N) is 2. The van der Waals surface area contributed by atoms with Gasteiger partial charge in [-0.3, -0.25) is 24.0 Å². The number of rotatable bonds is 7. The Labute approximate surface area is 294 Å². The number of allylic oxidation sites excluding steroid dienone is 4. The topological polar surface area (TPSA) is 176 Å². The van der Waals surface area contributed by atoms with Gasteiger partial charge in [0.05, 0.1) is 0 Å². The lowest BCUT2D eigenvalue weighted by Gasteiger charge is -2.33. The lowest BCUT2D eigenvalue weighted by molar-refractivity contribution is -0.143. The Kier molecular flexibility index (Phi) is 19.6. The molecule has 0 bridgehead atoms. The summed E-state index contributed by atoms with van der Waals surface area (Å²) < 4.78 is 0.919. The molecule has 1 aromatic rings. The number of hydrogen-bond acceptors (Lipinski definition) is 6. The molecular formula is C36H56BrN5O6. The third-order valence-corrected chi connectivity index (χ3v) is 9.00. The van der Waals surface area contributed by atoms with Crippen molar-refractivity contribution in [1.29, 1.82) is 0 Å². The molecule has 4 amide bonds. The van der Waals surface area contributed by atoms with E-state index < -0.39 is 30.0 Å². The SMILES string of the molecule is C/C=C\C(C)=C/C.CC(=O)N1C(C(=O)NC(Cc2ccc(Br)cc2)C(=O)N2CCCC2C(N)=O)CC2CCCCC21.CC(=O)O.CCN. The Morgan fingerprint density at radius 3 is 2.08 bits per heavy atom. The fraction of sp³-hybridized carbons (Fsp3) is 0.583. The van der Waals surface area contributed by atoms with E-state index in [9.17, 15) is 19.2 Å². The number of benzene rings is 1. The predicted octanol–water partition coefficient (Wildman–Crippen LogP) is 4.72. The van der Waals surface area contributed by atoms with E-state index in [-0.39, 0.29) is 23.8 Å². The Balaban J connectivity index is 0.000000696. The summed E-state index contributed by atoms with van der Waals surface area (Å²) in [7, 11) is 0. The van der Waals surface area contributed by atoms with Crippen LogP contribution >= 0.6 is 15.9 Å². The maximum Gasteiger partial charge on any atom is 0.300 e. The Morgan fingerprint density at radius 2 is 1.58 bits per heavy atom. The Morgan fingerprint density at radius 1 is 1.00 bits per heavy atom. The second kappa shape index (κ2) is 22.2. The van der Waals surface area contributed by atoms with Crippen molar-refractivity contribution in [3.05, 3.63) is 58.1 Å². The van der Waals surface area contributed by atoms with Crippen LogP contribution in [0.4, 0.5) is 0 Å². The third kappa shape index (κ3) is 13.9. The van der Waals surface area contributed by atoms with Crippen LogP contribution in [0, 0.1) is 5.92 Å². The third-order valence-electron chi connectivity index (χ3n) is 8.47. The van der Waals surface area contributed by atoms with Gasteiger partial charge in [0, 0.05) is 37.3 Å². The molecule has 1 aromatic carbocycles. The van der Waals surface area contributed by atoms with Crippen LogP contribution in [0.25, 0.3) is 0 Å². The van der Waals surface area contributed by atoms with E-state index in [4.69, 9.17) is 21.4 Å². The normalized spacial score (nSPS) is 22.1. The van der Waals surface area contributed by atoms with Gasteiger partial charge in [-0.15, -0.1) is 0 Å². The van der Waals surface area contributed by atoms with Gasteiger partial charge in [0.15, 0.2) is 0 Å². The quantitative estimate of drug-likeness (QED) is 0.293. The number of fused-ring (bicyclic) bond motifs is 1. The number of carboxylic acids is 1. The number of nitrogens with one attached hydrogen (secondary N) is 1. The van der Waals surface area contributed by atoms with Crippen LogP contribution in [0.3, 0.4) is 0 Å². The summed E-state index contributed by atoms with van der Waals surface area (Å²) in [6, 6.07) is 5.61. The van der Waals surface area contributed by atoms with E-state index >= 15 is 0 Å². The summed E-state index contributed by atoms with van der Waals surface area (Å²) in [5, 5.41) is 10.4. The zero-order valence-corrected chi connectivity index (χ0v) is 31.0. The number of carbonyl (C=O) groups excluding carboxylic acids is 4. The fourth-order valence-electron chi connectivity index (χ4n) is 6.36. The summed E-state index contributed by atoms with van der Waals surface area (Å²) in [5.41, 5.74) is 12.6. The minimum absolute atomic E-state index is 0.0976. The van der Waals surface area contributed by atoms with Gasteiger partial charge in [-0.2, -0.15) is 0 Å². The van der Waals surface area contributed by atoms with Gasteiger partial charge in [0.25, 0.3) is 5.97 Å². The van der Waals surface area contributed by atoms with E-state index in [2.05, 4.69) is 40.3 Å². The average Bonchev–Trinajstić information content (AvgIpc) is 3.68. The van der Waals surface area contributed by atoms with Crippen LogP contribution < -0.4 is 16.8 Å². The molecule has 11 nitrogen and oxygen atoms in total. The van der Waals surface area contributed by atoms with E-state index in [0.717, 1.165) is 49.2 Å². The number of carboxylic acid groups (broad SMARTS) is 1. The van der Waals surface area contributed by atoms with Gasteiger partial charge in [0.2, 0.25) is 23.6 Å². The molecule has 6 N–H and O–H groups in total. The number of hydrogen-bond donors (Lipinski definition) is 4. The van der Waals surface area contributed by atoms with Gasteiger partial charge in [-0.25, -0.2) is 0 Å². The number of likely N-dealkylation sites (tertiary alicyclic amines) is 2. The summed E-state index contributed by atoms with van der Waals surface area (Å²) in [5.74, 6) is -1.73. The maximum atomic E-state index is 13.6. The number of amides is 4. The largest absolute Gasteiger partial charge is 0.481 e. The van der Waals surface area contributed by atoms with Crippen LogP contribution in [0.2, 0.25) is 0 Å². The molecule has 268 valence electrons. The molecule has 2 aliphatic heterocycles. The molecule has 12 heteroatoms. The molecule has 48 heavy (non-hydrogen) atoms. The van der Waals surface area contributed by atoms with Crippen LogP contribution in [0.5, 0.6) is 0 Å². The van der Waals surface area contributed by atoms with E-state index in [1.165, 1.54) is 17.4 Å². The van der Waals surface area contributed by atoms with Gasteiger partial charge in [0.1, 0.15) is 18.1 Å². The molecule has 0 spiro atoms. The number of carbonyl (C=O) groups is 5. The molecule has 3 aliphatic rings. The first-order chi connectivity index (χ1) is 22.7. The first-order valence-electron chi connectivity index (χ1n) is 16.8. The van der Waals surface area contributed by atoms with Crippen molar-refractivity contribution >= 4 is 45.5 Å². The lowest BCUT2D eigenvalue weighted by Crippen LogP contribution is -2.57. The van der Waals surface area contributed by atoms with E-state index in [0.29, 0.717) is 38.1 Å². The van der Waals surface area contributed by atoms with Crippen molar-refractivity contribution in [1.82, 2.24) is 15.1 Å². The summed E-state index contributed by atoms with van der Waals surface area (Å²) >= 11 is 3.42. The van der Waals surface area contributed by atoms with E-state index in [1.807, 2.05) is 51.1 Å². The first-order valence-corrected chi connectivity index (χ1v) is 17.6. The van der Waals surface area contributed by atoms with Gasteiger partial charge in [-0.05, 0) is 83.0 Å². The molecular weight excluding hydrogens is 678 g/mol. The minimum Gasteiger partial charge on any atom is -0.481 e. The smallest absolute Gasteiger partial charge is 0.300 e. The van der Waals surface area contributed by atoms with E-state index in [1.54, 1.807) is 4.90 Å². The van der Waals surface area contributed by atoms with Crippen molar-refractivity contribution in [3.63, 3.8) is 0 Å². The average molecular weight is 735 g/mol. The van der Waals surface area contributed by atoms with Gasteiger partial charge in [-0.1, -0.05) is 71.6 Å². The molecule has 1 saturated carbocycles. The monoisotopic (exact) mass is 733 g/mol. The number of nitrogens with zero attached hydrogens (tertiary/aromatic N) is 2. The van der Waals surface area contributed by atoms with Crippen molar-refractivity contribution in [2.75, 3.05) is 13.1 Å². The Hall–Kier alpha value is -3.51. The van der Waals surface area contributed by atoms with Gasteiger partial charge >= 0.3 is 0 Å². The van der Waals surface area contributed by atoms with Crippen molar-refractivity contribution in [2.45, 2.75) is 117 Å². The molecule has 0 radical (unpaired) electrons. The molecule has 2 heterocycles. The second-order valence-corrected chi connectivity index (χ2v) is 13.1. The minimum atomic E-state index is -0.843. The van der Waals surface area contributed by atoms with Crippen LogP contribution in [0.1, 0.15) is 92.1 Å². The molecule has 3 fully saturated rings. The number of primary amides is 1. The maximum absolute atomic E-state index is 13.6. The van der Waals surface area contributed by atoms with Crippen LogP contribution in [0.15, 0.2) is 52.5 Å². The molecule has 4 rings (SSSR count). The van der Waals surface area contributed by atoms with Crippen LogP contribution in [-0.4, -0.2) is 81.8 Å². The molecule has 5 unspecified atom stereocenters. The summed E-state index contributed by atoms with van der Waals surface area (Å²) in [6.07, 6.45) is 12.5. The molecule has 0 aromatic heterocycles. The number of aliphatic carboxylic acids is 1. The first kappa shape index (κ1) is 42.5. The fourth-order valence-corrected chi connectivity index (χ4v) is 6.62. The number of halogens is 1. The highest BCUT2D eigenvalue weighted by atomic mass is 79.9. The Bertz CT molecular complexity index is 1260. The molecule has 1 aliphatic carbocycles. The predicted molar refractivity (Wildman–Crippen MR) is 193 cm³/mol. The standard InChI is InChI=1S/C25H33BrN4O4.C7H12.C2H7N.C2H4O2/c1-15(31)30-20-6-3-2-5-17(20)14-22(30)24(33)28-19(13-16-8-10-18(26)11-9-16)25(34)29-12-4-7-21(29)23(27)32;1-4-6-7(3)5-2;1-2-3;1-2(3)4/h8-11,17,19-22H,2-7,12-14H2,1H3,(H2,27,32)(H,28,33);4-6H,1-3H3;2-3H2,1H3;1H3,(H,3,4)/b;6-4-,7-5-;;. The van der Waals surface area contributed by atoms with Crippen LogP contribution in [-0.2, 0) is 30.4 Å². The van der Waals surface area contributed by atoms with Crippen molar-refractivity contribution in [2.24, 2.45) is 17.4 Å². The summed E-state index contributed by atoms with van der Waals surface area (Å²) in [6.45, 7) is 11.8.